The van der Waals surface area contributed by atoms with Crippen molar-refractivity contribution in [2.24, 2.45) is 11.8 Å². The summed E-state index contributed by atoms with van der Waals surface area (Å²) in [5.41, 5.74) is 0. The Balaban J connectivity index is 2.60. The molecule has 0 aromatic rings. The summed E-state index contributed by atoms with van der Waals surface area (Å²) in [4.78, 5) is 22.4. The Hall–Kier alpha value is -0.860. The Morgan fingerprint density at radius 3 is 2.42 bits per heavy atom. The van der Waals surface area contributed by atoms with Crippen LogP contribution >= 0.6 is 0 Å². The zero-order valence-electron chi connectivity index (χ0n) is 7.50. The molecule has 0 amide bonds. The Bertz CT molecular complexity index is 178. The fourth-order valence-electron chi connectivity index (χ4n) is 1.36. The fraction of sp³-hybridized carbons (Fsp3) is 0.778. The highest BCUT2D eigenvalue weighted by Gasteiger charge is 2.40. The zero-order valence-corrected chi connectivity index (χ0v) is 7.50. The normalized spacial score (nSPS) is 18.5. The second-order valence-corrected chi connectivity index (χ2v) is 3.16. The van der Waals surface area contributed by atoms with Gasteiger partial charge in [0.1, 0.15) is 11.7 Å². The quantitative estimate of drug-likeness (QED) is 0.469. The monoisotopic (exact) mass is 170 g/mol. The first-order valence-corrected chi connectivity index (χ1v) is 4.31. The van der Waals surface area contributed by atoms with Crippen LogP contribution in [0.3, 0.4) is 0 Å². The van der Waals surface area contributed by atoms with Gasteiger partial charge in [-0.25, -0.2) is 0 Å². The summed E-state index contributed by atoms with van der Waals surface area (Å²) in [6.45, 7) is 1.78. The third-order valence-electron chi connectivity index (χ3n) is 2.24. The number of carbonyl (C=O) groups excluding carboxylic acids is 2. The van der Waals surface area contributed by atoms with E-state index in [0.29, 0.717) is 6.42 Å². The average Bonchev–Trinajstić information content (AvgIpc) is 2.88. The summed E-state index contributed by atoms with van der Waals surface area (Å²) in [5, 5.41) is 0. The third-order valence-corrected chi connectivity index (χ3v) is 2.24. The maximum Gasteiger partial charge on any atom is 0.316 e. The van der Waals surface area contributed by atoms with Gasteiger partial charge in [-0.2, -0.15) is 0 Å². The van der Waals surface area contributed by atoms with Crippen molar-refractivity contribution in [2.75, 3.05) is 7.11 Å². The number of carbonyl (C=O) groups is 2. The minimum absolute atomic E-state index is 0.0179. The van der Waals surface area contributed by atoms with E-state index in [1.807, 2.05) is 0 Å². The summed E-state index contributed by atoms with van der Waals surface area (Å²) in [6, 6.07) is 0. The minimum Gasteiger partial charge on any atom is -0.468 e. The van der Waals surface area contributed by atoms with Crippen molar-refractivity contribution in [2.45, 2.75) is 26.2 Å². The maximum absolute atomic E-state index is 11.3. The van der Waals surface area contributed by atoms with Gasteiger partial charge in [0.25, 0.3) is 0 Å². The highest BCUT2D eigenvalue weighted by molar-refractivity contribution is 5.99. The Morgan fingerprint density at radius 1 is 1.50 bits per heavy atom. The number of Topliss-reactive ketones (excluding diaryl/α,β-unsaturated/α-hetero) is 1. The van der Waals surface area contributed by atoms with Gasteiger partial charge in [0.15, 0.2) is 0 Å². The number of ether oxygens (including phenoxy) is 1. The first-order valence-electron chi connectivity index (χ1n) is 4.31. The summed E-state index contributed by atoms with van der Waals surface area (Å²) < 4.78 is 4.58. The van der Waals surface area contributed by atoms with E-state index in [1.54, 1.807) is 6.92 Å². The highest BCUT2D eigenvalue weighted by atomic mass is 16.5. The summed E-state index contributed by atoms with van der Waals surface area (Å²) in [7, 11) is 1.33. The molecule has 0 spiro atoms. The Morgan fingerprint density at radius 2 is 2.08 bits per heavy atom. The van der Waals surface area contributed by atoms with Crippen LogP contribution in [0.2, 0.25) is 0 Å². The molecular formula is C9H14O3. The van der Waals surface area contributed by atoms with Gasteiger partial charge in [-0.3, -0.25) is 9.59 Å². The van der Waals surface area contributed by atoms with Crippen LogP contribution in [0.5, 0.6) is 0 Å². The fourth-order valence-corrected chi connectivity index (χ4v) is 1.36. The van der Waals surface area contributed by atoms with Crippen molar-refractivity contribution >= 4 is 11.8 Å². The van der Waals surface area contributed by atoms with Gasteiger partial charge >= 0.3 is 5.97 Å². The molecule has 0 N–H and O–H groups in total. The van der Waals surface area contributed by atoms with E-state index in [1.165, 1.54) is 7.11 Å². The van der Waals surface area contributed by atoms with Crippen molar-refractivity contribution in [3.05, 3.63) is 0 Å². The van der Waals surface area contributed by atoms with E-state index in [2.05, 4.69) is 4.74 Å². The van der Waals surface area contributed by atoms with Crippen molar-refractivity contribution in [3.8, 4) is 0 Å². The van der Waals surface area contributed by atoms with Gasteiger partial charge in [-0.1, -0.05) is 6.92 Å². The van der Waals surface area contributed by atoms with Crippen molar-refractivity contribution in [1.82, 2.24) is 0 Å². The van der Waals surface area contributed by atoms with Crippen LogP contribution in [0, 0.1) is 11.8 Å². The zero-order chi connectivity index (χ0) is 9.14. The molecule has 1 rings (SSSR count). The van der Waals surface area contributed by atoms with Gasteiger partial charge in [0, 0.05) is 6.42 Å². The van der Waals surface area contributed by atoms with E-state index < -0.39 is 5.92 Å². The highest BCUT2D eigenvalue weighted by Crippen LogP contribution is 2.38. The van der Waals surface area contributed by atoms with Gasteiger partial charge < -0.3 is 4.74 Å². The molecule has 3 heteroatoms. The predicted octanol–water partition coefficient (Wildman–Crippen LogP) is 1.16. The van der Waals surface area contributed by atoms with E-state index in [0.717, 1.165) is 12.8 Å². The lowest BCUT2D eigenvalue weighted by atomic mass is 9.97. The molecule has 0 heterocycles. The second kappa shape index (κ2) is 3.70. The smallest absolute Gasteiger partial charge is 0.316 e. The summed E-state index contributed by atoms with van der Waals surface area (Å²) in [5.74, 6) is -0.543. The van der Waals surface area contributed by atoms with Gasteiger partial charge in [0.05, 0.1) is 7.11 Å². The summed E-state index contributed by atoms with van der Waals surface area (Å²) >= 11 is 0. The van der Waals surface area contributed by atoms with Crippen LogP contribution in [-0.2, 0) is 14.3 Å². The molecule has 0 aromatic heterocycles. The van der Waals surface area contributed by atoms with Crippen LogP contribution < -0.4 is 0 Å². The second-order valence-electron chi connectivity index (χ2n) is 3.16. The lowest BCUT2D eigenvalue weighted by Crippen LogP contribution is -2.26. The molecule has 0 aliphatic heterocycles. The van der Waals surface area contributed by atoms with Crippen LogP contribution in [0.1, 0.15) is 26.2 Å². The molecule has 1 unspecified atom stereocenters. The molecule has 68 valence electrons. The lowest BCUT2D eigenvalue weighted by Gasteiger charge is -2.10. The molecule has 1 saturated carbocycles. The molecule has 0 aromatic carbocycles. The van der Waals surface area contributed by atoms with Crippen molar-refractivity contribution in [1.29, 1.82) is 0 Å². The largest absolute Gasteiger partial charge is 0.468 e. The summed E-state index contributed by atoms with van der Waals surface area (Å²) in [6.07, 6.45) is 2.41. The molecule has 0 bridgehead atoms. The maximum atomic E-state index is 11.3. The predicted molar refractivity (Wildman–Crippen MR) is 43.5 cm³/mol. The van der Waals surface area contributed by atoms with Crippen LogP contribution in [0.15, 0.2) is 0 Å². The topological polar surface area (TPSA) is 43.4 Å². The molecule has 12 heavy (non-hydrogen) atoms. The standard InChI is InChI=1S/C9H14O3/c1-3-7(10)8(6-4-5-6)9(11)12-2/h6,8H,3-5H2,1-2H3. The van der Waals surface area contributed by atoms with Crippen LogP contribution in [0.25, 0.3) is 0 Å². The van der Waals surface area contributed by atoms with Gasteiger partial charge in [-0.05, 0) is 18.8 Å². The molecule has 1 fully saturated rings. The van der Waals surface area contributed by atoms with E-state index in [-0.39, 0.29) is 17.7 Å². The molecule has 0 saturated heterocycles. The van der Waals surface area contributed by atoms with E-state index in [9.17, 15) is 9.59 Å². The molecule has 1 aliphatic rings. The number of methoxy groups -OCH3 is 1. The Labute approximate surface area is 72.1 Å². The van der Waals surface area contributed by atoms with E-state index >= 15 is 0 Å². The van der Waals surface area contributed by atoms with Gasteiger partial charge in [-0.15, -0.1) is 0 Å². The first kappa shape index (κ1) is 9.23. The number of esters is 1. The number of hydrogen-bond acceptors (Lipinski definition) is 3. The first-order chi connectivity index (χ1) is 5.70. The SMILES string of the molecule is CCC(=O)C(C(=O)OC)C1CC1. The molecule has 0 radical (unpaired) electrons. The van der Waals surface area contributed by atoms with Gasteiger partial charge in [0.2, 0.25) is 0 Å². The lowest BCUT2D eigenvalue weighted by molar-refractivity contribution is -0.150. The van der Waals surface area contributed by atoms with Crippen LogP contribution in [0.4, 0.5) is 0 Å². The Kier molecular flexibility index (Phi) is 2.84. The van der Waals surface area contributed by atoms with Crippen molar-refractivity contribution in [3.63, 3.8) is 0 Å². The molecular weight excluding hydrogens is 156 g/mol. The molecule has 1 aliphatic carbocycles. The van der Waals surface area contributed by atoms with Crippen molar-refractivity contribution < 1.29 is 14.3 Å². The van der Waals surface area contributed by atoms with Crippen LogP contribution in [-0.4, -0.2) is 18.9 Å². The molecule has 1 atom stereocenters. The number of ketones is 1. The molecule has 3 nitrogen and oxygen atoms in total. The third kappa shape index (κ3) is 1.84. The van der Waals surface area contributed by atoms with E-state index in [4.69, 9.17) is 0 Å². The average molecular weight is 170 g/mol. The number of hydrogen-bond donors (Lipinski definition) is 0. The number of rotatable bonds is 4. The minimum atomic E-state index is -0.472.